The Kier molecular flexibility index (Phi) is 4.73. The van der Waals surface area contributed by atoms with E-state index in [1.807, 2.05) is 17.3 Å². The lowest BCUT2D eigenvalue weighted by Gasteiger charge is -2.31. The molecule has 6 nitrogen and oxygen atoms in total. The van der Waals surface area contributed by atoms with Crippen LogP contribution in [0.5, 0.6) is 0 Å². The number of nitrogens with zero attached hydrogens (tertiary/aromatic N) is 3. The molecular formula is C20H25N5O. The first-order valence-electron chi connectivity index (χ1n) is 9.41. The van der Waals surface area contributed by atoms with Crippen LogP contribution < -0.4 is 0 Å². The third-order valence-corrected chi connectivity index (χ3v) is 5.38. The molecule has 0 spiro atoms. The van der Waals surface area contributed by atoms with Gasteiger partial charge in [-0.25, -0.2) is 4.98 Å². The highest BCUT2D eigenvalue weighted by atomic mass is 16.2. The van der Waals surface area contributed by atoms with E-state index in [0.29, 0.717) is 12.3 Å². The van der Waals surface area contributed by atoms with Gasteiger partial charge in [0.2, 0.25) is 5.91 Å². The van der Waals surface area contributed by atoms with Crippen molar-refractivity contribution in [3.05, 3.63) is 47.5 Å². The number of benzene rings is 1. The van der Waals surface area contributed by atoms with Crippen molar-refractivity contribution in [2.45, 2.75) is 44.9 Å². The van der Waals surface area contributed by atoms with Crippen molar-refractivity contribution in [1.29, 1.82) is 0 Å². The standard InChI is InChI=1S/C20H25N5O/c1-14-4-2-6-17-19(14)24-20(23-17)16-8-10-25(11-9-16)18(26)7-3-5-15-12-21-22-13-15/h2,4,6,12-13,16H,3,5,7-11H2,1H3,(H,21,22)(H,23,24). The van der Waals surface area contributed by atoms with Crippen molar-refractivity contribution >= 4 is 16.9 Å². The van der Waals surface area contributed by atoms with Gasteiger partial charge in [0.1, 0.15) is 5.82 Å². The minimum absolute atomic E-state index is 0.271. The Balaban J connectivity index is 1.30. The summed E-state index contributed by atoms with van der Waals surface area (Å²) in [5.41, 5.74) is 4.55. The van der Waals surface area contributed by atoms with Gasteiger partial charge in [0, 0.05) is 31.6 Å². The highest BCUT2D eigenvalue weighted by molar-refractivity contribution is 5.78. The van der Waals surface area contributed by atoms with Gasteiger partial charge in [0.05, 0.1) is 17.2 Å². The largest absolute Gasteiger partial charge is 0.343 e. The van der Waals surface area contributed by atoms with Gasteiger partial charge in [-0.15, -0.1) is 0 Å². The minimum Gasteiger partial charge on any atom is -0.343 e. The highest BCUT2D eigenvalue weighted by Crippen LogP contribution is 2.28. The van der Waals surface area contributed by atoms with Gasteiger partial charge in [0.15, 0.2) is 0 Å². The minimum atomic E-state index is 0.271. The smallest absolute Gasteiger partial charge is 0.222 e. The molecule has 3 heterocycles. The maximum Gasteiger partial charge on any atom is 0.222 e. The number of likely N-dealkylation sites (tertiary alicyclic amines) is 1. The number of para-hydroxylation sites is 1. The van der Waals surface area contributed by atoms with Crippen LogP contribution in [-0.4, -0.2) is 44.1 Å². The molecule has 1 fully saturated rings. The number of carbonyl (C=O) groups is 1. The number of piperidine rings is 1. The second kappa shape index (κ2) is 7.32. The number of amides is 1. The Morgan fingerprint density at radius 3 is 2.88 bits per heavy atom. The second-order valence-electron chi connectivity index (χ2n) is 7.21. The molecule has 6 heteroatoms. The van der Waals surface area contributed by atoms with Gasteiger partial charge in [0.25, 0.3) is 0 Å². The number of aromatic amines is 2. The topological polar surface area (TPSA) is 77.7 Å². The summed E-state index contributed by atoms with van der Waals surface area (Å²) in [5.74, 6) is 1.76. The highest BCUT2D eigenvalue weighted by Gasteiger charge is 2.25. The van der Waals surface area contributed by atoms with Gasteiger partial charge in [-0.1, -0.05) is 12.1 Å². The van der Waals surface area contributed by atoms with E-state index < -0.39 is 0 Å². The number of aromatic nitrogens is 4. The summed E-state index contributed by atoms with van der Waals surface area (Å²) >= 11 is 0. The van der Waals surface area contributed by atoms with Crippen LogP contribution in [0.1, 0.15) is 48.6 Å². The molecule has 0 atom stereocenters. The Bertz CT molecular complexity index is 875. The maximum absolute atomic E-state index is 12.4. The molecular weight excluding hydrogens is 326 g/mol. The quantitative estimate of drug-likeness (QED) is 0.740. The third-order valence-electron chi connectivity index (χ3n) is 5.38. The average molecular weight is 351 g/mol. The van der Waals surface area contributed by atoms with Crippen LogP contribution in [-0.2, 0) is 11.2 Å². The zero-order chi connectivity index (χ0) is 17.9. The lowest BCUT2D eigenvalue weighted by molar-refractivity contribution is -0.132. The van der Waals surface area contributed by atoms with E-state index in [0.717, 1.165) is 61.2 Å². The lowest BCUT2D eigenvalue weighted by atomic mass is 9.96. The summed E-state index contributed by atoms with van der Waals surface area (Å²) < 4.78 is 0. The molecule has 0 unspecified atom stereocenters. The maximum atomic E-state index is 12.4. The molecule has 4 rings (SSSR count). The van der Waals surface area contributed by atoms with Gasteiger partial charge in [-0.2, -0.15) is 5.10 Å². The van der Waals surface area contributed by atoms with E-state index in [1.165, 1.54) is 5.56 Å². The monoisotopic (exact) mass is 351 g/mol. The first kappa shape index (κ1) is 16.8. The number of fused-ring (bicyclic) bond motifs is 1. The zero-order valence-corrected chi connectivity index (χ0v) is 15.2. The van der Waals surface area contributed by atoms with Crippen molar-refractivity contribution in [1.82, 2.24) is 25.1 Å². The van der Waals surface area contributed by atoms with E-state index >= 15 is 0 Å². The molecule has 2 N–H and O–H groups in total. The van der Waals surface area contributed by atoms with Gasteiger partial charge >= 0.3 is 0 Å². The number of carbonyl (C=O) groups excluding carboxylic acids is 1. The lowest BCUT2D eigenvalue weighted by Crippen LogP contribution is -2.38. The first-order valence-corrected chi connectivity index (χ1v) is 9.41. The average Bonchev–Trinajstić information content (AvgIpc) is 3.32. The van der Waals surface area contributed by atoms with E-state index in [9.17, 15) is 4.79 Å². The second-order valence-corrected chi connectivity index (χ2v) is 7.21. The molecule has 1 amide bonds. The van der Waals surface area contributed by atoms with Crippen LogP contribution in [0.2, 0.25) is 0 Å². The summed E-state index contributed by atoms with van der Waals surface area (Å²) in [5, 5.41) is 6.75. The Labute approximate surface area is 153 Å². The predicted octanol–water partition coefficient (Wildman–Crippen LogP) is 3.32. The van der Waals surface area contributed by atoms with Crippen molar-refractivity contribution < 1.29 is 4.79 Å². The van der Waals surface area contributed by atoms with Crippen LogP contribution in [0.4, 0.5) is 0 Å². The fourth-order valence-electron chi connectivity index (χ4n) is 3.81. The van der Waals surface area contributed by atoms with Crippen molar-refractivity contribution in [3.8, 4) is 0 Å². The first-order chi connectivity index (χ1) is 12.7. The molecule has 1 aromatic carbocycles. The fraction of sp³-hybridized carbons (Fsp3) is 0.450. The SMILES string of the molecule is Cc1cccc2[nH]c(C3CCN(C(=O)CCCc4cn[nH]c4)CC3)nc12. The van der Waals surface area contributed by atoms with Crippen molar-refractivity contribution in [2.75, 3.05) is 13.1 Å². The predicted molar refractivity (Wildman–Crippen MR) is 101 cm³/mol. The van der Waals surface area contributed by atoms with E-state index in [2.05, 4.69) is 40.3 Å². The van der Waals surface area contributed by atoms with Crippen molar-refractivity contribution in [2.24, 2.45) is 0 Å². The Morgan fingerprint density at radius 2 is 2.15 bits per heavy atom. The molecule has 1 aliphatic heterocycles. The van der Waals surface area contributed by atoms with Crippen molar-refractivity contribution in [3.63, 3.8) is 0 Å². The number of nitrogens with one attached hydrogen (secondary N) is 2. The van der Waals surface area contributed by atoms with E-state index in [4.69, 9.17) is 4.98 Å². The van der Waals surface area contributed by atoms with Gasteiger partial charge < -0.3 is 9.88 Å². The van der Waals surface area contributed by atoms with Crippen LogP contribution >= 0.6 is 0 Å². The van der Waals surface area contributed by atoms with E-state index in [1.54, 1.807) is 0 Å². The number of rotatable bonds is 5. The van der Waals surface area contributed by atoms with Crippen LogP contribution in [0.15, 0.2) is 30.6 Å². The molecule has 1 saturated heterocycles. The van der Waals surface area contributed by atoms with Crippen LogP contribution in [0.25, 0.3) is 11.0 Å². The van der Waals surface area contributed by atoms with Crippen LogP contribution in [0.3, 0.4) is 0 Å². The molecule has 2 aromatic heterocycles. The number of hydrogen-bond acceptors (Lipinski definition) is 3. The molecule has 0 saturated carbocycles. The van der Waals surface area contributed by atoms with Gasteiger partial charge in [-0.05, 0) is 49.8 Å². The Morgan fingerprint density at radius 1 is 1.31 bits per heavy atom. The molecule has 3 aromatic rings. The fourth-order valence-corrected chi connectivity index (χ4v) is 3.81. The normalized spacial score (nSPS) is 15.7. The molecule has 0 bridgehead atoms. The van der Waals surface area contributed by atoms with E-state index in [-0.39, 0.29) is 5.91 Å². The molecule has 1 aliphatic rings. The molecule has 0 aliphatic carbocycles. The number of hydrogen-bond donors (Lipinski definition) is 2. The van der Waals surface area contributed by atoms with Crippen LogP contribution in [0, 0.1) is 6.92 Å². The zero-order valence-electron chi connectivity index (χ0n) is 15.2. The summed E-state index contributed by atoms with van der Waals surface area (Å²) in [7, 11) is 0. The Hall–Kier alpha value is -2.63. The number of imidazole rings is 1. The summed E-state index contributed by atoms with van der Waals surface area (Å²) in [6.45, 7) is 3.74. The number of aryl methyl sites for hydroxylation is 2. The summed E-state index contributed by atoms with van der Waals surface area (Å²) in [6.07, 6.45) is 8.06. The third kappa shape index (κ3) is 3.49. The molecule has 136 valence electrons. The van der Waals surface area contributed by atoms with Gasteiger partial charge in [-0.3, -0.25) is 9.89 Å². The molecule has 26 heavy (non-hydrogen) atoms. The number of H-pyrrole nitrogens is 2. The summed E-state index contributed by atoms with van der Waals surface area (Å²) in [4.78, 5) is 22.7. The summed E-state index contributed by atoms with van der Waals surface area (Å²) in [6, 6.07) is 6.24. The molecule has 0 radical (unpaired) electrons.